The highest BCUT2D eigenvalue weighted by molar-refractivity contribution is 5.71. The van der Waals surface area contributed by atoms with Gasteiger partial charge in [-0.15, -0.1) is 0 Å². The Morgan fingerprint density at radius 2 is 1.86 bits per heavy atom. The highest BCUT2D eigenvalue weighted by Crippen LogP contribution is 2.02. The van der Waals surface area contributed by atoms with E-state index in [4.69, 9.17) is 14.2 Å². The minimum atomic E-state index is -0.150. The lowest BCUT2D eigenvalue weighted by Gasteiger charge is -2.09. The number of carbonyl (C=O) groups is 1. The van der Waals surface area contributed by atoms with E-state index in [0.29, 0.717) is 26.4 Å². The maximum Gasteiger partial charge on any atom is 0.308 e. The van der Waals surface area contributed by atoms with Crippen molar-refractivity contribution in [1.29, 1.82) is 0 Å². The molecule has 0 saturated heterocycles. The Labute approximate surface area is 85.5 Å². The number of hydrogen-bond acceptors (Lipinski definition) is 4. The first-order chi connectivity index (χ1) is 6.72. The average molecular weight is 204 g/mol. The van der Waals surface area contributed by atoms with Crippen LogP contribution in [0.15, 0.2) is 0 Å². The Balaban J connectivity index is 3.23. The van der Waals surface area contributed by atoms with Gasteiger partial charge in [0.05, 0.1) is 25.7 Å². The average Bonchev–Trinajstić information content (AvgIpc) is 2.21. The number of methoxy groups -OCH3 is 1. The third-order valence-corrected chi connectivity index (χ3v) is 1.92. The second kappa shape index (κ2) is 8.97. The first-order valence-corrected chi connectivity index (χ1v) is 4.95. The Hall–Kier alpha value is -0.610. The predicted molar refractivity (Wildman–Crippen MR) is 53.1 cm³/mol. The van der Waals surface area contributed by atoms with Gasteiger partial charge in [-0.2, -0.15) is 0 Å². The third kappa shape index (κ3) is 6.86. The molecule has 0 amide bonds. The van der Waals surface area contributed by atoms with Gasteiger partial charge in [0.15, 0.2) is 0 Å². The molecule has 4 nitrogen and oxygen atoms in total. The molecule has 1 atom stereocenters. The fourth-order valence-corrected chi connectivity index (χ4v) is 0.754. The number of rotatable bonds is 8. The molecule has 84 valence electrons. The lowest BCUT2D eigenvalue weighted by Crippen LogP contribution is -2.17. The van der Waals surface area contributed by atoms with Crippen molar-refractivity contribution in [3.8, 4) is 0 Å². The van der Waals surface area contributed by atoms with Gasteiger partial charge in [-0.1, -0.05) is 13.8 Å². The number of ether oxygens (including phenoxy) is 3. The van der Waals surface area contributed by atoms with Gasteiger partial charge in [0.25, 0.3) is 0 Å². The molecule has 4 heteroatoms. The van der Waals surface area contributed by atoms with Gasteiger partial charge in [0, 0.05) is 7.11 Å². The van der Waals surface area contributed by atoms with Crippen molar-refractivity contribution in [3.05, 3.63) is 0 Å². The summed E-state index contributed by atoms with van der Waals surface area (Å²) in [5.74, 6) is -0.170. The standard InChI is InChI=1S/C10H20O4/c1-4-9(2)10(11)14-8-7-13-6-5-12-3/h9H,4-8H2,1-3H3. The normalized spacial score (nSPS) is 12.5. The van der Waals surface area contributed by atoms with E-state index in [1.807, 2.05) is 13.8 Å². The molecule has 0 bridgehead atoms. The zero-order valence-corrected chi connectivity index (χ0v) is 9.25. The molecule has 0 heterocycles. The predicted octanol–water partition coefficient (Wildman–Crippen LogP) is 1.24. The summed E-state index contributed by atoms with van der Waals surface area (Å²) in [6.45, 7) is 5.68. The summed E-state index contributed by atoms with van der Waals surface area (Å²) in [6.07, 6.45) is 0.809. The molecule has 0 saturated carbocycles. The van der Waals surface area contributed by atoms with Crippen LogP contribution in [0.4, 0.5) is 0 Å². The fourth-order valence-electron chi connectivity index (χ4n) is 0.754. The van der Waals surface area contributed by atoms with Crippen LogP contribution in [-0.2, 0) is 19.0 Å². The van der Waals surface area contributed by atoms with Crippen molar-refractivity contribution in [2.45, 2.75) is 20.3 Å². The molecule has 0 fully saturated rings. The second-order valence-corrected chi connectivity index (χ2v) is 3.08. The topological polar surface area (TPSA) is 44.8 Å². The minimum Gasteiger partial charge on any atom is -0.463 e. The summed E-state index contributed by atoms with van der Waals surface area (Å²) in [5.41, 5.74) is 0. The van der Waals surface area contributed by atoms with Crippen LogP contribution < -0.4 is 0 Å². The van der Waals surface area contributed by atoms with Gasteiger partial charge in [0.2, 0.25) is 0 Å². The molecule has 0 rings (SSSR count). The van der Waals surface area contributed by atoms with Gasteiger partial charge >= 0.3 is 5.97 Å². The summed E-state index contributed by atoms with van der Waals surface area (Å²) >= 11 is 0. The SMILES string of the molecule is CCC(C)C(=O)OCCOCCOC. The van der Waals surface area contributed by atoms with Crippen molar-refractivity contribution in [2.24, 2.45) is 5.92 Å². The van der Waals surface area contributed by atoms with E-state index in [2.05, 4.69) is 0 Å². The van der Waals surface area contributed by atoms with Gasteiger partial charge in [-0.25, -0.2) is 0 Å². The van der Waals surface area contributed by atoms with Crippen molar-refractivity contribution in [2.75, 3.05) is 33.5 Å². The maximum absolute atomic E-state index is 11.2. The van der Waals surface area contributed by atoms with E-state index in [0.717, 1.165) is 6.42 Å². The van der Waals surface area contributed by atoms with Crippen molar-refractivity contribution >= 4 is 5.97 Å². The Morgan fingerprint density at radius 3 is 2.43 bits per heavy atom. The summed E-state index contributed by atoms with van der Waals surface area (Å²) in [6, 6.07) is 0. The second-order valence-electron chi connectivity index (χ2n) is 3.08. The van der Waals surface area contributed by atoms with Crippen LogP contribution in [0.5, 0.6) is 0 Å². The fraction of sp³-hybridized carbons (Fsp3) is 0.900. The van der Waals surface area contributed by atoms with Crippen LogP contribution in [0, 0.1) is 5.92 Å². The maximum atomic E-state index is 11.2. The largest absolute Gasteiger partial charge is 0.463 e. The smallest absolute Gasteiger partial charge is 0.308 e. The molecule has 0 spiro atoms. The van der Waals surface area contributed by atoms with Gasteiger partial charge in [0.1, 0.15) is 6.61 Å². The van der Waals surface area contributed by atoms with Crippen LogP contribution in [0.1, 0.15) is 20.3 Å². The minimum absolute atomic E-state index is 0.0195. The molecule has 0 aromatic rings. The van der Waals surface area contributed by atoms with Crippen LogP contribution in [-0.4, -0.2) is 39.5 Å². The lowest BCUT2D eigenvalue weighted by molar-refractivity contribution is -0.149. The Kier molecular flexibility index (Phi) is 8.57. The molecule has 0 aromatic carbocycles. The van der Waals surface area contributed by atoms with Crippen molar-refractivity contribution in [1.82, 2.24) is 0 Å². The van der Waals surface area contributed by atoms with Gasteiger partial charge < -0.3 is 14.2 Å². The number of esters is 1. The van der Waals surface area contributed by atoms with Gasteiger partial charge in [-0.3, -0.25) is 4.79 Å². The van der Waals surface area contributed by atoms with Crippen molar-refractivity contribution < 1.29 is 19.0 Å². The number of carbonyl (C=O) groups excluding carboxylic acids is 1. The molecule has 0 aliphatic rings. The van der Waals surface area contributed by atoms with E-state index >= 15 is 0 Å². The molecule has 14 heavy (non-hydrogen) atoms. The van der Waals surface area contributed by atoms with Crippen LogP contribution in [0.3, 0.4) is 0 Å². The van der Waals surface area contributed by atoms with Crippen LogP contribution in [0.2, 0.25) is 0 Å². The highest BCUT2D eigenvalue weighted by atomic mass is 16.6. The first-order valence-electron chi connectivity index (χ1n) is 4.95. The molecule has 0 radical (unpaired) electrons. The van der Waals surface area contributed by atoms with Crippen molar-refractivity contribution in [3.63, 3.8) is 0 Å². The van der Waals surface area contributed by atoms with Crippen LogP contribution >= 0.6 is 0 Å². The molecule has 0 aromatic heterocycles. The van der Waals surface area contributed by atoms with Crippen LogP contribution in [0.25, 0.3) is 0 Å². The highest BCUT2D eigenvalue weighted by Gasteiger charge is 2.10. The molecule has 0 aliphatic heterocycles. The first kappa shape index (κ1) is 13.4. The van der Waals surface area contributed by atoms with Gasteiger partial charge in [-0.05, 0) is 6.42 Å². The van der Waals surface area contributed by atoms with E-state index in [1.54, 1.807) is 7.11 Å². The molecule has 0 N–H and O–H groups in total. The monoisotopic (exact) mass is 204 g/mol. The zero-order chi connectivity index (χ0) is 10.8. The molecule has 1 unspecified atom stereocenters. The Morgan fingerprint density at radius 1 is 1.21 bits per heavy atom. The van der Waals surface area contributed by atoms with E-state index in [1.165, 1.54) is 0 Å². The quantitative estimate of drug-likeness (QED) is 0.441. The molecular weight excluding hydrogens is 184 g/mol. The van der Waals surface area contributed by atoms with E-state index in [-0.39, 0.29) is 11.9 Å². The zero-order valence-electron chi connectivity index (χ0n) is 9.25. The molecule has 0 aliphatic carbocycles. The number of hydrogen-bond donors (Lipinski definition) is 0. The Bertz CT molecular complexity index is 147. The van der Waals surface area contributed by atoms with E-state index < -0.39 is 0 Å². The molecular formula is C10H20O4. The van der Waals surface area contributed by atoms with E-state index in [9.17, 15) is 4.79 Å². The summed E-state index contributed by atoms with van der Waals surface area (Å²) < 4.78 is 14.9. The summed E-state index contributed by atoms with van der Waals surface area (Å²) in [5, 5.41) is 0. The lowest BCUT2D eigenvalue weighted by atomic mass is 10.1. The summed E-state index contributed by atoms with van der Waals surface area (Å²) in [4.78, 5) is 11.2. The third-order valence-electron chi connectivity index (χ3n) is 1.92. The summed E-state index contributed by atoms with van der Waals surface area (Å²) in [7, 11) is 1.62.